The van der Waals surface area contributed by atoms with E-state index < -0.39 is 0 Å². The van der Waals surface area contributed by atoms with Gasteiger partial charge < -0.3 is 5.32 Å². The summed E-state index contributed by atoms with van der Waals surface area (Å²) >= 11 is 7.54. The van der Waals surface area contributed by atoms with Crippen molar-refractivity contribution in [2.75, 3.05) is 0 Å². The quantitative estimate of drug-likeness (QED) is 0.911. The summed E-state index contributed by atoms with van der Waals surface area (Å²) in [7, 11) is 0. The fraction of sp³-hybridized carbons (Fsp3) is 0.308. The lowest BCUT2D eigenvalue weighted by Gasteiger charge is -1.97. The first-order chi connectivity index (χ1) is 8.31. The van der Waals surface area contributed by atoms with Crippen LogP contribution in [-0.4, -0.2) is 10.4 Å². The molecule has 4 heteroatoms. The van der Waals surface area contributed by atoms with Gasteiger partial charge in [-0.25, -0.2) is 0 Å². The third kappa shape index (κ3) is 2.86. The summed E-state index contributed by atoms with van der Waals surface area (Å²) in [6.45, 7) is 0.933. The number of rotatable bonds is 4. The molecule has 0 radical (unpaired) electrons. The van der Waals surface area contributed by atoms with Gasteiger partial charge in [0.05, 0.1) is 5.69 Å². The topological polar surface area (TPSA) is 24.9 Å². The van der Waals surface area contributed by atoms with Gasteiger partial charge in [0.2, 0.25) is 0 Å². The van der Waals surface area contributed by atoms with E-state index >= 15 is 0 Å². The van der Waals surface area contributed by atoms with E-state index in [1.807, 2.05) is 24.3 Å². The molecule has 2 aromatic rings. The molecule has 2 nitrogen and oxygen atoms in total. The van der Waals surface area contributed by atoms with E-state index in [1.54, 1.807) is 11.5 Å². The molecule has 17 heavy (non-hydrogen) atoms. The highest BCUT2D eigenvalue weighted by molar-refractivity contribution is 7.06. The summed E-state index contributed by atoms with van der Waals surface area (Å²) < 4.78 is 4.47. The standard InChI is InChI=1S/C13H13ClN2S/c14-10-3-1-2-9(6-10)13-7-12(17-16-13)8-15-11-4-5-11/h1-3,6-7,11,15H,4-5,8H2. The second kappa shape index (κ2) is 4.77. The van der Waals surface area contributed by atoms with E-state index in [4.69, 9.17) is 11.6 Å². The zero-order chi connectivity index (χ0) is 11.7. The van der Waals surface area contributed by atoms with E-state index in [9.17, 15) is 0 Å². The van der Waals surface area contributed by atoms with E-state index in [2.05, 4.69) is 15.8 Å². The summed E-state index contributed by atoms with van der Waals surface area (Å²) in [5, 5.41) is 4.25. The van der Waals surface area contributed by atoms with Crippen molar-refractivity contribution in [2.24, 2.45) is 0 Å². The van der Waals surface area contributed by atoms with Crippen molar-refractivity contribution >= 4 is 23.1 Å². The Morgan fingerprint density at radius 3 is 3.00 bits per heavy atom. The summed E-state index contributed by atoms with van der Waals surface area (Å²) in [5.41, 5.74) is 2.11. The molecule has 1 aromatic carbocycles. The number of nitrogens with zero attached hydrogens (tertiary/aromatic N) is 1. The Bertz CT molecular complexity index is 520. The average Bonchev–Trinajstić information content (AvgIpc) is 3.04. The molecule has 0 saturated heterocycles. The van der Waals surface area contributed by atoms with Crippen LogP contribution in [0.1, 0.15) is 17.7 Å². The first kappa shape index (κ1) is 11.2. The van der Waals surface area contributed by atoms with E-state index in [0.717, 1.165) is 28.9 Å². The second-order valence-corrected chi connectivity index (χ2v) is 5.67. The molecule has 1 saturated carbocycles. The lowest BCUT2D eigenvalue weighted by atomic mass is 10.1. The molecule has 0 spiro atoms. The van der Waals surface area contributed by atoms with Crippen molar-refractivity contribution in [3.63, 3.8) is 0 Å². The van der Waals surface area contributed by atoms with Gasteiger partial charge in [-0.1, -0.05) is 23.7 Å². The first-order valence-electron chi connectivity index (χ1n) is 5.76. The first-order valence-corrected chi connectivity index (χ1v) is 6.91. The minimum atomic E-state index is 0.742. The number of hydrogen-bond acceptors (Lipinski definition) is 3. The summed E-state index contributed by atoms with van der Waals surface area (Å²) in [4.78, 5) is 1.28. The maximum Gasteiger partial charge on any atom is 0.0844 e. The molecule has 3 rings (SSSR count). The van der Waals surface area contributed by atoms with E-state index in [1.165, 1.54) is 17.7 Å². The molecule has 0 atom stereocenters. The van der Waals surface area contributed by atoms with Crippen LogP contribution >= 0.6 is 23.1 Å². The largest absolute Gasteiger partial charge is 0.309 e. The molecule has 1 N–H and O–H groups in total. The zero-order valence-corrected chi connectivity index (χ0v) is 10.9. The number of hydrogen-bond donors (Lipinski definition) is 1. The molecule has 1 aliphatic rings. The van der Waals surface area contributed by atoms with Gasteiger partial charge in [0.1, 0.15) is 0 Å². The van der Waals surface area contributed by atoms with Crippen molar-refractivity contribution < 1.29 is 0 Å². The molecular formula is C13H13ClN2S. The van der Waals surface area contributed by atoms with Crippen LogP contribution in [0.2, 0.25) is 5.02 Å². The van der Waals surface area contributed by atoms with Crippen LogP contribution < -0.4 is 5.32 Å². The van der Waals surface area contributed by atoms with Gasteiger partial charge in [-0.05, 0) is 42.6 Å². The maximum absolute atomic E-state index is 5.98. The summed E-state index contributed by atoms with van der Waals surface area (Å²) in [6.07, 6.45) is 2.64. The molecule has 88 valence electrons. The third-order valence-corrected chi connectivity index (χ3v) is 3.84. The zero-order valence-electron chi connectivity index (χ0n) is 9.32. The van der Waals surface area contributed by atoms with Crippen molar-refractivity contribution in [3.8, 4) is 11.3 Å². The van der Waals surface area contributed by atoms with Gasteiger partial charge in [0.15, 0.2) is 0 Å². The van der Waals surface area contributed by atoms with Gasteiger partial charge in [-0.3, -0.25) is 0 Å². The Balaban J connectivity index is 1.74. The lowest BCUT2D eigenvalue weighted by molar-refractivity contribution is 0.695. The van der Waals surface area contributed by atoms with Crippen molar-refractivity contribution in [1.82, 2.24) is 9.69 Å². The summed E-state index contributed by atoms with van der Waals surface area (Å²) in [6, 6.07) is 10.7. The average molecular weight is 265 g/mol. The predicted octanol–water partition coefficient (Wildman–Crippen LogP) is 3.72. The highest BCUT2D eigenvalue weighted by Crippen LogP contribution is 2.25. The van der Waals surface area contributed by atoms with Crippen molar-refractivity contribution in [3.05, 3.63) is 40.2 Å². The smallest absolute Gasteiger partial charge is 0.0844 e. The lowest BCUT2D eigenvalue weighted by Crippen LogP contribution is -2.14. The van der Waals surface area contributed by atoms with Gasteiger partial charge in [-0.2, -0.15) is 4.37 Å². The predicted molar refractivity (Wildman–Crippen MR) is 72.4 cm³/mol. The molecule has 0 aliphatic heterocycles. The molecule has 0 amide bonds. The Morgan fingerprint density at radius 1 is 1.35 bits per heavy atom. The van der Waals surface area contributed by atoms with Crippen molar-refractivity contribution in [2.45, 2.75) is 25.4 Å². The second-order valence-electron chi connectivity index (χ2n) is 4.34. The van der Waals surface area contributed by atoms with Crippen LogP contribution in [0.3, 0.4) is 0 Å². The van der Waals surface area contributed by atoms with Crippen LogP contribution in [0, 0.1) is 0 Å². The Hall–Kier alpha value is -0.900. The Kier molecular flexibility index (Phi) is 3.14. The normalized spacial score (nSPS) is 15.1. The monoisotopic (exact) mass is 264 g/mol. The van der Waals surface area contributed by atoms with Gasteiger partial charge in [-0.15, -0.1) is 0 Å². The highest BCUT2D eigenvalue weighted by atomic mass is 35.5. The van der Waals surface area contributed by atoms with Gasteiger partial charge >= 0.3 is 0 Å². The number of benzene rings is 1. The fourth-order valence-electron chi connectivity index (χ4n) is 1.71. The van der Waals surface area contributed by atoms with E-state index in [-0.39, 0.29) is 0 Å². The van der Waals surface area contributed by atoms with Crippen LogP contribution in [-0.2, 0) is 6.54 Å². The number of nitrogens with one attached hydrogen (secondary N) is 1. The van der Waals surface area contributed by atoms with Crippen LogP contribution in [0.5, 0.6) is 0 Å². The molecule has 1 aliphatic carbocycles. The molecule has 1 aromatic heterocycles. The third-order valence-electron chi connectivity index (χ3n) is 2.82. The fourth-order valence-corrected chi connectivity index (χ4v) is 2.59. The highest BCUT2D eigenvalue weighted by Gasteiger charge is 2.20. The molecular weight excluding hydrogens is 252 g/mol. The van der Waals surface area contributed by atoms with Crippen LogP contribution in [0.15, 0.2) is 30.3 Å². The van der Waals surface area contributed by atoms with E-state index in [0.29, 0.717) is 0 Å². The van der Waals surface area contributed by atoms with Crippen LogP contribution in [0.25, 0.3) is 11.3 Å². The van der Waals surface area contributed by atoms with Gasteiger partial charge in [0, 0.05) is 28.0 Å². The number of halogens is 1. The Morgan fingerprint density at radius 2 is 2.24 bits per heavy atom. The molecule has 0 bridgehead atoms. The molecule has 0 unspecified atom stereocenters. The minimum absolute atomic E-state index is 0.742. The SMILES string of the molecule is Clc1cccc(-c2cc(CNC3CC3)sn2)c1. The van der Waals surface area contributed by atoms with Gasteiger partial charge in [0.25, 0.3) is 0 Å². The van der Waals surface area contributed by atoms with Crippen molar-refractivity contribution in [1.29, 1.82) is 0 Å². The van der Waals surface area contributed by atoms with Crippen LogP contribution in [0.4, 0.5) is 0 Å². The molecule has 1 heterocycles. The molecule has 1 fully saturated rings. The Labute approximate surface area is 110 Å². The summed E-state index contributed by atoms with van der Waals surface area (Å²) in [5.74, 6) is 0. The number of aromatic nitrogens is 1. The minimum Gasteiger partial charge on any atom is -0.309 e. The maximum atomic E-state index is 5.98.